The van der Waals surface area contributed by atoms with Crippen LogP contribution >= 0.6 is 15.9 Å². The molecule has 0 atom stereocenters. The Morgan fingerprint density at radius 3 is 1.58 bits per heavy atom. The van der Waals surface area contributed by atoms with Crippen LogP contribution in [0.25, 0.3) is 0 Å². The minimum Gasteiger partial charge on any atom is -0.427 e. The molecular formula is C20H22BBrO4. The zero-order valence-corrected chi connectivity index (χ0v) is 16.0. The van der Waals surface area contributed by atoms with Gasteiger partial charge in [0, 0.05) is 15.6 Å². The highest BCUT2D eigenvalue weighted by molar-refractivity contribution is 9.10. The quantitative estimate of drug-likeness (QED) is 0.576. The van der Waals surface area contributed by atoms with Crippen LogP contribution in [0, 0.1) is 0 Å². The van der Waals surface area contributed by atoms with E-state index >= 15 is 0 Å². The van der Waals surface area contributed by atoms with E-state index in [1.54, 1.807) is 12.1 Å². The monoisotopic (exact) mass is 416 g/mol. The zero-order valence-electron chi connectivity index (χ0n) is 14.4. The maximum absolute atomic E-state index is 10.3. The molecule has 2 N–H and O–H groups in total. The summed E-state index contributed by atoms with van der Waals surface area (Å²) in [5, 5.41) is 16.5. The van der Waals surface area contributed by atoms with E-state index in [9.17, 15) is 9.59 Å². The number of hydrogen-bond acceptors (Lipinski definition) is 4. The van der Waals surface area contributed by atoms with Crippen molar-refractivity contribution in [3.8, 4) is 0 Å². The molecule has 0 unspecified atom stereocenters. The molecule has 6 heteroatoms. The van der Waals surface area contributed by atoms with Gasteiger partial charge in [0.2, 0.25) is 0 Å². The molecule has 2 aliphatic carbocycles. The van der Waals surface area contributed by atoms with E-state index in [0.29, 0.717) is 5.56 Å². The molecular weight excluding hydrogens is 395 g/mol. The summed E-state index contributed by atoms with van der Waals surface area (Å²) < 4.78 is 0.994. The normalized spacial score (nSPS) is 14.9. The smallest absolute Gasteiger partial charge is 0.427 e. The first-order valence-electron chi connectivity index (χ1n) is 8.65. The molecule has 2 saturated carbocycles. The molecule has 0 amide bonds. The molecule has 4 nitrogen and oxygen atoms in total. The molecule has 0 radical (unpaired) electrons. The molecule has 2 aromatic rings. The number of benzene rings is 2. The van der Waals surface area contributed by atoms with Crippen LogP contribution in [-0.2, 0) is 0 Å². The summed E-state index contributed by atoms with van der Waals surface area (Å²) >= 11 is 3.26. The Balaban J connectivity index is 0.000000147. The van der Waals surface area contributed by atoms with Crippen molar-refractivity contribution >= 4 is 35.6 Å². The van der Waals surface area contributed by atoms with Gasteiger partial charge in [-0.25, -0.2) is 0 Å². The lowest BCUT2D eigenvalue weighted by molar-refractivity contribution is 0.111. The van der Waals surface area contributed by atoms with Crippen LogP contribution in [0.3, 0.4) is 0 Å². The summed E-state index contributed by atoms with van der Waals surface area (Å²) in [4.78, 5) is 20.4. The summed E-state index contributed by atoms with van der Waals surface area (Å²) in [5.41, 5.74) is 2.86. The largest absolute Gasteiger partial charge is 0.454 e. The van der Waals surface area contributed by atoms with Gasteiger partial charge in [-0.3, -0.25) is 9.59 Å². The van der Waals surface area contributed by atoms with Crippen molar-refractivity contribution in [2.45, 2.75) is 37.4 Å². The predicted molar refractivity (Wildman–Crippen MR) is 107 cm³/mol. The second-order valence-corrected chi connectivity index (χ2v) is 7.39. The molecule has 0 spiro atoms. The van der Waals surface area contributed by atoms with Crippen LogP contribution < -0.4 is 0 Å². The lowest BCUT2D eigenvalue weighted by Crippen LogP contribution is -2.09. The van der Waals surface area contributed by atoms with Crippen LogP contribution in [0.15, 0.2) is 53.0 Å². The maximum Gasteiger partial charge on any atom is 0.454 e. The van der Waals surface area contributed by atoms with Gasteiger partial charge in [0.05, 0.1) is 0 Å². The minimum atomic E-state index is -1.04. The van der Waals surface area contributed by atoms with E-state index in [4.69, 9.17) is 10.0 Å². The number of rotatable bonds is 4. The van der Waals surface area contributed by atoms with Crippen molar-refractivity contribution in [3.05, 3.63) is 69.7 Å². The first-order valence-corrected chi connectivity index (χ1v) is 9.44. The molecule has 136 valence electrons. The van der Waals surface area contributed by atoms with Gasteiger partial charge in [0.15, 0.2) is 0 Å². The summed E-state index contributed by atoms with van der Waals surface area (Å²) in [6, 6.07) is 15.1. The highest BCUT2D eigenvalue weighted by Gasteiger charge is 2.33. The molecule has 2 aliphatic rings. The number of aldehydes is 2. The summed E-state index contributed by atoms with van der Waals surface area (Å²) in [6.07, 6.45) is 6.35. The number of hydrogen-bond donors (Lipinski definition) is 2. The van der Waals surface area contributed by atoms with Gasteiger partial charge in [-0.15, -0.1) is 0 Å². The van der Waals surface area contributed by atoms with Gasteiger partial charge in [-0.05, 0) is 42.3 Å². The molecule has 0 aromatic heterocycles. The highest BCUT2D eigenvalue weighted by Crippen LogP contribution is 2.39. The number of halogens is 1. The van der Waals surface area contributed by atoms with E-state index in [0.717, 1.165) is 41.4 Å². The van der Waals surface area contributed by atoms with Crippen molar-refractivity contribution in [3.63, 3.8) is 0 Å². The van der Waals surface area contributed by atoms with E-state index in [1.807, 2.05) is 24.3 Å². The van der Waals surface area contributed by atoms with E-state index in [1.165, 1.54) is 18.4 Å². The molecule has 2 aromatic carbocycles. The highest BCUT2D eigenvalue weighted by atomic mass is 79.9. The van der Waals surface area contributed by atoms with Gasteiger partial charge in [-0.1, -0.05) is 65.2 Å². The third-order valence-corrected chi connectivity index (χ3v) is 4.70. The Morgan fingerprint density at radius 1 is 0.808 bits per heavy atom. The van der Waals surface area contributed by atoms with Gasteiger partial charge in [0.25, 0.3) is 0 Å². The van der Waals surface area contributed by atoms with E-state index in [-0.39, 0.29) is 5.82 Å². The Kier molecular flexibility index (Phi) is 8.23. The van der Waals surface area contributed by atoms with Gasteiger partial charge < -0.3 is 10.0 Å². The second-order valence-electron chi connectivity index (χ2n) is 6.48. The maximum atomic E-state index is 10.3. The summed E-state index contributed by atoms with van der Waals surface area (Å²) in [5.74, 6) is 1.00. The standard InChI is InChI=1S/C10H10O.C7H5BrO.C3H7BO2/c11-7-8-1-3-9(4-2-8)10-5-6-10;8-7-3-1-6(5-9)2-4-7;5-4(6)3-1-2-3/h1-4,7,10H,5-6H2;1-5H;3,5-6H,1-2H2. The Morgan fingerprint density at radius 2 is 1.27 bits per heavy atom. The van der Waals surface area contributed by atoms with Crippen molar-refractivity contribution in [1.82, 2.24) is 0 Å². The fourth-order valence-corrected chi connectivity index (χ4v) is 2.46. The second kappa shape index (κ2) is 10.4. The zero-order chi connectivity index (χ0) is 18.9. The molecule has 4 rings (SSSR count). The lowest BCUT2D eigenvalue weighted by atomic mass is 9.84. The summed E-state index contributed by atoms with van der Waals surface area (Å²) in [6.45, 7) is 0. The fourth-order valence-electron chi connectivity index (χ4n) is 2.20. The van der Waals surface area contributed by atoms with E-state index < -0.39 is 7.12 Å². The third-order valence-electron chi connectivity index (χ3n) is 4.17. The van der Waals surface area contributed by atoms with Crippen molar-refractivity contribution in [2.75, 3.05) is 0 Å². The average Bonchev–Trinajstić information content (AvgIpc) is 3.55. The third kappa shape index (κ3) is 7.64. The lowest BCUT2D eigenvalue weighted by Gasteiger charge is -1.95. The Hall–Kier alpha value is -1.76. The first kappa shape index (κ1) is 20.6. The first-order chi connectivity index (χ1) is 12.5. The van der Waals surface area contributed by atoms with Crippen molar-refractivity contribution in [1.29, 1.82) is 0 Å². The van der Waals surface area contributed by atoms with Gasteiger partial charge >= 0.3 is 7.12 Å². The fraction of sp³-hybridized carbons (Fsp3) is 0.300. The summed E-state index contributed by atoms with van der Waals surface area (Å²) in [7, 11) is -1.04. The number of carbonyl (C=O) groups is 2. The molecule has 0 aliphatic heterocycles. The van der Waals surface area contributed by atoms with Gasteiger partial charge in [0.1, 0.15) is 12.6 Å². The van der Waals surface area contributed by atoms with Crippen LogP contribution in [-0.4, -0.2) is 29.7 Å². The van der Waals surface area contributed by atoms with Crippen LogP contribution in [0.5, 0.6) is 0 Å². The molecule has 2 fully saturated rings. The predicted octanol–water partition coefficient (Wildman–Crippen LogP) is 4.26. The van der Waals surface area contributed by atoms with Gasteiger partial charge in [-0.2, -0.15) is 0 Å². The molecule has 26 heavy (non-hydrogen) atoms. The van der Waals surface area contributed by atoms with E-state index in [2.05, 4.69) is 28.1 Å². The minimum absolute atomic E-state index is 0.213. The number of carbonyl (C=O) groups excluding carboxylic acids is 2. The topological polar surface area (TPSA) is 74.6 Å². The van der Waals surface area contributed by atoms with Crippen LogP contribution in [0.4, 0.5) is 0 Å². The Bertz CT molecular complexity index is 693. The van der Waals surface area contributed by atoms with Crippen LogP contribution in [0.1, 0.15) is 57.9 Å². The Labute approximate surface area is 162 Å². The average molecular weight is 417 g/mol. The molecule has 0 bridgehead atoms. The molecule has 0 saturated heterocycles. The molecule has 0 heterocycles. The SMILES string of the molecule is O=Cc1ccc(Br)cc1.O=Cc1ccc(C2CC2)cc1.OB(O)C1CC1. The van der Waals surface area contributed by atoms with Crippen molar-refractivity contribution in [2.24, 2.45) is 0 Å². The van der Waals surface area contributed by atoms with Crippen LogP contribution in [0.2, 0.25) is 5.82 Å². The van der Waals surface area contributed by atoms with Crippen molar-refractivity contribution < 1.29 is 19.6 Å².